The Kier molecular flexibility index (Phi) is 3.58. The van der Waals surface area contributed by atoms with Gasteiger partial charge in [0.2, 0.25) is 0 Å². The molecule has 2 rings (SSSR count). The number of carbonyl (C=O) groups excluding carboxylic acids is 1. The molecule has 86 valence electrons. The van der Waals surface area contributed by atoms with Gasteiger partial charge in [0.1, 0.15) is 5.82 Å². The summed E-state index contributed by atoms with van der Waals surface area (Å²) < 4.78 is 1.08. The lowest BCUT2D eigenvalue weighted by atomic mass is 10.2. The van der Waals surface area contributed by atoms with Crippen molar-refractivity contribution in [1.29, 1.82) is 0 Å². The minimum absolute atomic E-state index is 0.193. The van der Waals surface area contributed by atoms with E-state index in [4.69, 9.17) is 5.73 Å². The molecular formula is C12H10IN3O. The molecule has 1 aromatic carbocycles. The van der Waals surface area contributed by atoms with Crippen molar-refractivity contribution < 1.29 is 4.79 Å². The van der Waals surface area contributed by atoms with Crippen molar-refractivity contribution in [3.8, 4) is 0 Å². The summed E-state index contributed by atoms with van der Waals surface area (Å²) in [7, 11) is 0. The molecule has 0 atom stereocenters. The molecule has 1 heterocycles. The first-order valence-corrected chi connectivity index (χ1v) is 6.02. The molecule has 2 aromatic rings. The molecule has 0 spiro atoms. The molecule has 0 bridgehead atoms. The van der Waals surface area contributed by atoms with Crippen LogP contribution in [0.1, 0.15) is 10.4 Å². The van der Waals surface area contributed by atoms with Crippen molar-refractivity contribution in [1.82, 2.24) is 4.98 Å². The Morgan fingerprint density at radius 2 is 1.94 bits per heavy atom. The van der Waals surface area contributed by atoms with Gasteiger partial charge in [0.05, 0.1) is 5.69 Å². The van der Waals surface area contributed by atoms with Crippen molar-refractivity contribution >= 4 is 40.0 Å². The lowest BCUT2D eigenvalue weighted by molar-refractivity contribution is 0.102. The van der Waals surface area contributed by atoms with Crippen LogP contribution in [0.2, 0.25) is 0 Å². The smallest absolute Gasteiger partial charge is 0.255 e. The van der Waals surface area contributed by atoms with Crippen molar-refractivity contribution in [2.24, 2.45) is 0 Å². The molecule has 3 N–H and O–H groups in total. The van der Waals surface area contributed by atoms with E-state index < -0.39 is 0 Å². The molecule has 17 heavy (non-hydrogen) atoms. The highest BCUT2D eigenvalue weighted by Crippen LogP contribution is 2.15. The quantitative estimate of drug-likeness (QED) is 0.827. The first kappa shape index (κ1) is 11.8. The van der Waals surface area contributed by atoms with E-state index in [-0.39, 0.29) is 5.91 Å². The fourth-order valence-corrected chi connectivity index (χ4v) is 1.68. The molecule has 1 amide bonds. The highest BCUT2D eigenvalue weighted by atomic mass is 127. The number of aromatic nitrogens is 1. The number of carbonyl (C=O) groups is 1. The summed E-state index contributed by atoms with van der Waals surface area (Å²) in [5, 5.41) is 2.72. The van der Waals surface area contributed by atoms with E-state index in [1.54, 1.807) is 30.5 Å². The van der Waals surface area contributed by atoms with Crippen molar-refractivity contribution in [3.05, 3.63) is 51.7 Å². The number of nitrogen functional groups attached to an aromatic ring is 1. The van der Waals surface area contributed by atoms with Gasteiger partial charge in [-0.25, -0.2) is 4.98 Å². The SMILES string of the molecule is Nc1ncccc1NC(=O)c1ccc(I)cc1. The van der Waals surface area contributed by atoms with E-state index >= 15 is 0 Å². The van der Waals surface area contributed by atoms with Crippen LogP contribution in [-0.2, 0) is 0 Å². The number of rotatable bonds is 2. The summed E-state index contributed by atoms with van der Waals surface area (Å²) in [5.41, 5.74) is 6.76. The van der Waals surface area contributed by atoms with Gasteiger partial charge >= 0.3 is 0 Å². The first-order chi connectivity index (χ1) is 8.16. The minimum Gasteiger partial charge on any atom is -0.382 e. The minimum atomic E-state index is -0.193. The Balaban J connectivity index is 2.17. The second-order valence-electron chi connectivity index (χ2n) is 3.40. The summed E-state index contributed by atoms with van der Waals surface area (Å²) in [6.07, 6.45) is 1.58. The van der Waals surface area contributed by atoms with E-state index in [0.29, 0.717) is 17.1 Å². The number of nitrogens with two attached hydrogens (primary N) is 1. The molecule has 0 aliphatic rings. The lowest BCUT2D eigenvalue weighted by Crippen LogP contribution is -2.13. The number of halogens is 1. The summed E-state index contributed by atoms with van der Waals surface area (Å²) in [6, 6.07) is 10.7. The van der Waals surface area contributed by atoms with Crippen LogP contribution in [0.4, 0.5) is 11.5 Å². The standard InChI is InChI=1S/C12H10IN3O/c13-9-5-3-8(4-6-9)12(17)16-10-2-1-7-15-11(10)14/h1-7H,(H2,14,15)(H,16,17). The monoisotopic (exact) mass is 339 g/mol. The Hall–Kier alpha value is -1.63. The van der Waals surface area contributed by atoms with E-state index in [0.717, 1.165) is 3.57 Å². The van der Waals surface area contributed by atoms with Crippen LogP contribution in [0.25, 0.3) is 0 Å². The number of nitrogens with one attached hydrogen (secondary N) is 1. The van der Waals surface area contributed by atoms with Gasteiger partial charge in [-0.3, -0.25) is 4.79 Å². The number of nitrogens with zero attached hydrogens (tertiary/aromatic N) is 1. The van der Waals surface area contributed by atoms with Crippen LogP contribution in [0.5, 0.6) is 0 Å². The van der Waals surface area contributed by atoms with Gasteiger partial charge in [-0.2, -0.15) is 0 Å². The van der Waals surface area contributed by atoms with Crippen molar-refractivity contribution in [3.63, 3.8) is 0 Å². The van der Waals surface area contributed by atoms with Crippen LogP contribution in [0, 0.1) is 3.57 Å². The summed E-state index contributed by atoms with van der Waals surface area (Å²) >= 11 is 2.19. The number of hydrogen-bond donors (Lipinski definition) is 2. The second-order valence-corrected chi connectivity index (χ2v) is 4.64. The molecule has 0 aliphatic carbocycles. The van der Waals surface area contributed by atoms with Gasteiger partial charge in [-0.15, -0.1) is 0 Å². The zero-order valence-electron chi connectivity index (χ0n) is 8.85. The number of anilines is 2. The average Bonchev–Trinajstić information content (AvgIpc) is 2.33. The maximum atomic E-state index is 11.9. The maximum Gasteiger partial charge on any atom is 0.255 e. The molecule has 0 saturated heterocycles. The predicted octanol–water partition coefficient (Wildman–Crippen LogP) is 2.52. The molecular weight excluding hydrogens is 329 g/mol. The Morgan fingerprint density at radius 1 is 1.24 bits per heavy atom. The van der Waals surface area contributed by atoms with E-state index in [2.05, 4.69) is 32.9 Å². The van der Waals surface area contributed by atoms with Crippen LogP contribution < -0.4 is 11.1 Å². The molecule has 0 saturated carbocycles. The van der Waals surface area contributed by atoms with Gasteiger partial charge in [0.15, 0.2) is 0 Å². The number of hydrogen-bond acceptors (Lipinski definition) is 3. The second kappa shape index (κ2) is 5.13. The largest absolute Gasteiger partial charge is 0.382 e. The Labute approximate surface area is 112 Å². The third kappa shape index (κ3) is 2.94. The number of benzene rings is 1. The summed E-state index contributed by atoms with van der Waals surface area (Å²) in [5.74, 6) is 0.118. The normalized spacial score (nSPS) is 9.94. The van der Waals surface area contributed by atoms with Gasteiger partial charge in [-0.1, -0.05) is 0 Å². The number of amides is 1. The molecule has 5 heteroatoms. The van der Waals surface area contributed by atoms with Crippen LogP contribution in [0.3, 0.4) is 0 Å². The fourth-order valence-electron chi connectivity index (χ4n) is 1.32. The lowest BCUT2D eigenvalue weighted by Gasteiger charge is -2.06. The zero-order valence-corrected chi connectivity index (χ0v) is 11.0. The third-order valence-corrected chi connectivity index (χ3v) is 2.91. The predicted molar refractivity (Wildman–Crippen MR) is 75.8 cm³/mol. The van der Waals surface area contributed by atoms with Crippen LogP contribution in [-0.4, -0.2) is 10.9 Å². The molecule has 4 nitrogen and oxygen atoms in total. The first-order valence-electron chi connectivity index (χ1n) is 4.94. The molecule has 0 radical (unpaired) electrons. The fraction of sp³-hybridized carbons (Fsp3) is 0. The number of pyridine rings is 1. The van der Waals surface area contributed by atoms with E-state index in [1.165, 1.54) is 0 Å². The molecule has 0 unspecified atom stereocenters. The van der Waals surface area contributed by atoms with Gasteiger partial charge in [0.25, 0.3) is 5.91 Å². The van der Waals surface area contributed by atoms with Crippen molar-refractivity contribution in [2.75, 3.05) is 11.1 Å². The molecule has 0 aliphatic heterocycles. The highest BCUT2D eigenvalue weighted by molar-refractivity contribution is 14.1. The molecule has 1 aromatic heterocycles. The summed E-state index contributed by atoms with van der Waals surface area (Å²) in [4.78, 5) is 15.8. The van der Waals surface area contributed by atoms with E-state index in [9.17, 15) is 4.79 Å². The zero-order chi connectivity index (χ0) is 12.3. The van der Waals surface area contributed by atoms with Crippen LogP contribution in [0.15, 0.2) is 42.6 Å². The summed E-state index contributed by atoms with van der Waals surface area (Å²) in [6.45, 7) is 0. The van der Waals surface area contributed by atoms with E-state index in [1.807, 2.05) is 12.1 Å². The third-order valence-electron chi connectivity index (χ3n) is 2.19. The molecule has 0 fully saturated rings. The van der Waals surface area contributed by atoms with Crippen molar-refractivity contribution in [2.45, 2.75) is 0 Å². The topological polar surface area (TPSA) is 68.0 Å². The Bertz CT molecular complexity index is 540. The Morgan fingerprint density at radius 3 is 2.59 bits per heavy atom. The van der Waals surface area contributed by atoms with Gasteiger partial charge in [0, 0.05) is 15.3 Å². The highest BCUT2D eigenvalue weighted by Gasteiger charge is 2.07. The average molecular weight is 339 g/mol. The maximum absolute atomic E-state index is 11.9. The van der Waals surface area contributed by atoms with Gasteiger partial charge in [-0.05, 0) is 59.0 Å². The van der Waals surface area contributed by atoms with Crippen LogP contribution >= 0.6 is 22.6 Å². The van der Waals surface area contributed by atoms with Gasteiger partial charge < -0.3 is 11.1 Å².